The molecular formula is C18H29ClN6. The highest BCUT2D eigenvalue weighted by Gasteiger charge is 2.42. The van der Waals surface area contributed by atoms with Gasteiger partial charge >= 0.3 is 0 Å². The first-order valence-electron chi connectivity index (χ1n) is 9.39. The molecule has 25 heavy (non-hydrogen) atoms. The number of hydrogen-bond acceptors (Lipinski definition) is 5. The van der Waals surface area contributed by atoms with Gasteiger partial charge in [0.15, 0.2) is 0 Å². The standard InChI is InChI=1S/C18H29ClN6/c1-10(2)23(3)18-21-14-15(20-13-9-11-6-7-12(13)8-11)22-17(19)24(4)16(14)25(18)5/h10-13,15,20H,6-9H2,1-5H3. The van der Waals surface area contributed by atoms with Gasteiger partial charge in [0.2, 0.25) is 11.2 Å². The minimum Gasteiger partial charge on any atom is -0.343 e. The van der Waals surface area contributed by atoms with E-state index in [-0.39, 0.29) is 6.17 Å². The molecule has 1 aromatic rings. The number of imidazole rings is 1. The van der Waals surface area contributed by atoms with Crippen molar-refractivity contribution in [2.75, 3.05) is 23.9 Å². The molecule has 0 spiro atoms. The molecule has 7 heteroatoms. The number of fused-ring (bicyclic) bond motifs is 3. The molecule has 0 aromatic carbocycles. The molecule has 4 atom stereocenters. The molecular weight excluding hydrogens is 336 g/mol. The van der Waals surface area contributed by atoms with Crippen molar-refractivity contribution in [1.29, 1.82) is 0 Å². The number of nitrogens with zero attached hydrogens (tertiary/aromatic N) is 5. The first kappa shape index (κ1) is 17.2. The number of amidine groups is 1. The van der Waals surface area contributed by atoms with E-state index >= 15 is 0 Å². The minimum atomic E-state index is -0.149. The molecule has 0 saturated heterocycles. The van der Waals surface area contributed by atoms with Gasteiger partial charge in [-0.15, -0.1) is 0 Å². The van der Waals surface area contributed by atoms with Crippen molar-refractivity contribution in [2.24, 2.45) is 23.9 Å². The molecule has 0 radical (unpaired) electrons. The minimum absolute atomic E-state index is 0.149. The van der Waals surface area contributed by atoms with Crippen molar-refractivity contribution in [3.63, 3.8) is 0 Å². The van der Waals surface area contributed by atoms with Gasteiger partial charge in [-0.2, -0.15) is 0 Å². The summed E-state index contributed by atoms with van der Waals surface area (Å²) in [6.45, 7) is 4.34. The molecule has 0 amide bonds. The Morgan fingerprint density at radius 3 is 2.60 bits per heavy atom. The number of aliphatic imine (C=N–C) groups is 1. The highest BCUT2D eigenvalue weighted by molar-refractivity contribution is 6.68. The van der Waals surface area contributed by atoms with E-state index in [0.29, 0.717) is 17.4 Å². The Morgan fingerprint density at radius 1 is 1.24 bits per heavy atom. The Labute approximate surface area is 155 Å². The van der Waals surface area contributed by atoms with Crippen LogP contribution in [0.15, 0.2) is 4.99 Å². The SMILES string of the molecule is CC(C)N(C)c1nc2c(n1C)N(C)C(Cl)=NC2NC1CC2CCC1C2. The summed E-state index contributed by atoms with van der Waals surface area (Å²) in [5, 5.41) is 4.30. The summed E-state index contributed by atoms with van der Waals surface area (Å²) < 4.78 is 2.13. The molecule has 138 valence electrons. The lowest BCUT2D eigenvalue weighted by Gasteiger charge is -2.31. The van der Waals surface area contributed by atoms with E-state index in [9.17, 15) is 0 Å². The molecule has 1 aromatic heterocycles. The fourth-order valence-corrected chi connectivity index (χ4v) is 4.91. The number of halogens is 1. The predicted octanol–water partition coefficient (Wildman–Crippen LogP) is 3.09. The first-order chi connectivity index (χ1) is 11.9. The fourth-order valence-electron chi connectivity index (χ4n) is 4.74. The third-order valence-corrected chi connectivity index (χ3v) is 6.71. The fraction of sp³-hybridized carbons (Fsp3) is 0.778. The van der Waals surface area contributed by atoms with Crippen LogP contribution in [0.2, 0.25) is 0 Å². The molecule has 2 heterocycles. The summed E-state index contributed by atoms with van der Waals surface area (Å²) >= 11 is 6.46. The van der Waals surface area contributed by atoms with E-state index in [1.165, 1.54) is 25.7 Å². The molecule has 1 N–H and O–H groups in total. The van der Waals surface area contributed by atoms with Crippen LogP contribution in [0.5, 0.6) is 0 Å². The van der Waals surface area contributed by atoms with Gasteiger partial charge in [0, 0.05) is 33.2 Å². The van der Waals surface area contributed by atoms with Gasteiger partial charge in [-0.1, -0.05) is 6.42 Å². The largest absolute Gasteiger partial charge is 0.343 e. The second kappa shape index (κ2) is 6.16. The number of anilines is 2. The van der Waals surface area contributed by atoms with E-state index in [4.69, 9.17) is 21.6 Å². The number of rotatable bonds is 4. The van der Waals surface area contributed by atoms with E-state index in [2.05, 4.69) is 42.7 Å². The van der Waals surface area contributed by atoms with Crippen molar-refractivity contribution >= 4 is 28.7 Å². The highest BCUT2D eigenvalue weighted by Crippen LogP contribution is 2.46. The Hall–Kier alpha value is -1.27. The Kier molecular flexibility index (Phi) is 4.23. The lowest BCUT2D eigenvalue weighted by Crippen LogP contribution is -2.40. The van der Waals surface area contributed by atoms with Crippen molar-refractivity contribution < 1.29 is 0 Å². The molecule has 4 rings (SSSR count). The lowest BCUT2D eigenvalue weighted by molar-refractivity contribution is 0.320. The predicted molar refractivity (Wildman–Crippen MR) is 104 cm³/mol. The molecule has 2 bridgehead atoms. The van der Waals surface area contributed by atoms with Crippen LogP contribution in [0, 0.1) is 11.8 Å². The topological polar surface area (TPSA) is 48.7 Å². The van der Waals surface area contributed by atoms with Gasteiger partial charge in [-0.25, -0.2) is 9.98 Å². The van der Waals surface area contributed by atoms with E-state index < -0.39 is 0 Å². The van der Waals surface area contributed by atoms with E-state index in [1.54, 1.807) is 0 Å². The Morgan fingerprint density at radius 2 is 2.00 bits per heavy atom. The van der Waals surface area contributed by atoms with Gasteiger partial charge < -0.3 is 9.80 Å². The van der Waals surface area contributed by atoms with Crippen molar-refractivity contribution in [3.05, 3.63) is 5.69 Å². The van der Waals surface area contributed by atoms with Crippen molar-refractivity contribution in [2.45, 2.75) is 57.8 Å². The van der Waals surface area contributed by atoms with Crippen LogP contribution in [-0.2, 0) is 7.05 Å². The Balaban J connectivity index is 1.66. The number of aromatic nitrogens is 2. The monoisotopic (exact) mass is 364 g/mol. The van der Waals surface area contributed by atoms with Crippen LogP contribution in [-0.4, -0.2) is 41.0 Å². The molecule has 2 fully saturated rings. The highest BCUT2D eigenvalue weighted by atomic mass is 35.5. The van der Waals surface area contributed by atoms with Gasteiger partial charge in [-0.3, -0.25) is 9.88 Å². The molecule has 2 aliphatic carbocycles. The average molecular weight is 365 g/mol. The average Bonchev–Trinajstić information content (AvgIpc) is 3.26. The summed E-state index contributed by atoms with van der Waals surface area (Å²) in [6.07, 6.45) is 5.24. The van der Waals surface area contributed by atoms with E-state index in [1.807, 2.05) is 11.9 Å². The normalized spacial score (nSPS) is 30.8. The van der Waals surface area contributed by atoms with Gasteiger partial charge in [-0.05, 0) is 56.5 Å². The van der Waals surface area contributed by atoms with Crippen molar-refractivity contribution in [1.82, 2.24) is 14.9 Å². The molecule has 2 saturated carbocycles. The zero-order valence-electron chi connectivity index (χ0n) is 15.8. The zero-order chi connectivity index (χ0) is 17.9. The van der Waals surface area contributed by atoms with E-state index in [0.717, 1.165) is 29.3 Å². The van der Waals surface area contributed by atoms with Gasteiger partial charge in [0.1, 0.15) is 17.7 Å². The smallest absolute Gasteiger partial charge is 0.207 e. The number of hydrogen-bond donors (Lipinski definition) is 1. The Bertz CT molecular complexity index is 696. The molecule has 4 unspecified atom stereocenters. The summed E-state index contributed by atoms with van der Waals surface area (Å²) in [4.78, 5) is 13.8. The zero-order valence-corrected chi connectivity index (χ0v) is 16.6. The number of nitrogens with one attached hydrogen (secondary N) is 1. The summed E-state index contributed by atoms with van der Waals surface area (Å²) in [5.41, 5.74) is 0.986. The van der Waals surface area contributed by atoms with Crippen LogP contribution >= 0.6 is 11.6 Å². The van der Waals surface area contributed by atoms with Crippen LogP contribution in [0.1, 0.15) is 51.4 Å². The van der Waals surface area contributed by atoms with Crippen LogP contribution in [0.3, 0.4) is 0 Å². The van der Waals surface area contributed by atoms with Crippen molar-refractivity contribution in [3.8, 4) is 0 Å². The molecule has 1 aliphatic heterocycles. The quantitative estimate of drug-likeness (QED) is 0.834. The first-order valence-corrected chi connectivity index (χ1v) is 9.77. The van der Waals surface area contributed by atoms with Crippen LogP contribution < -0.4 is 15.1 Å². The van der Waals surface area contributed by atoms with Gasteiger partial charge in [0.25, 0.3) is 0 Å². The second-order valence-corrected chi connectivity index (χ2v) is 8.53. The second-order valence-electron chi connectivity index (χ2n) is 8.19. The summed E-state index contributed by atoms with van der Waals surface area (Å²) in [5.74, 6) is 3.68. The van der Waals surface area contributed by atoms with Crippen LogP contribution in [0.25, 0.3) is 0 Å². The van der Waals surface area contributed by atoms with Gasteiger partial charge in [0.05, 0.1) is 0 Å². The third-order valence-electron chi connectivity index (χ3n) is 6.36. The van der Waals surface area contributed by atoms with Crippen LogP contribution in [0.4, 0.5) is 11.8 Å². The third kappa shape index (κ3) is 2.74. The molecule has 6 nitrogen and oxygen atoms in total. The maximum absolute atomic E-state index is 6.46. The maximum Gasteiger partial charge on any atom is 0.207 e. The summed E-state index contributed by atoms with van der Waals surface area (Å²) in [7, 11) is 6.10. The lowest BCUT2D eigenvalue weighted by atomic mass is 9.95. The summed E-state index contributed by atoms with van der Waals surface area (Å²) in [6, 6.07) is 0.919. The maximum atomic E-state index is 6.46. The molecule has 3 aliphatic rings.